The van der Waals surface area contributed by atoms with Crippen LogP contribution < -0.4 is 10.2 Å². The second-order valence-electron chi connectivity index (χ2n) is 5.70. The van der Waals surface area contributed by atoms with Crippen molar-refractivity contribution in [3.05, 3.63) is 53.5 Å². The van der Waals surface area contributed by atoms with E-state index in [9.17, 15) is 0 Å². The number of nitrogens with one attached hydrogen (secondary N) is 1. The lowest BCUT2D eigenvalue weighted by Gasteiger charge is -2.23. The van der Waals surface area contributed by atoms with Crippen LogP contribution in [0.2, 0.25) is 0 Å². The van der Waals surface area contributed by atoms with E-state index < -0.39 is 0 Å². The first-order valence-electron chi connectivity index (χ1n) is 7.71. The summed E-state index contributed by atoms with van der Waals surface area (Å²) in [6.07, 6.45) is 0. The van der Waals surface area contributed by atoms with Crippen molar-refractivity contribution in [2.45, 2.75) is 46.8 Å². The maximum absolute atomic E-state index is 5.92. The van der Waals surface area contributed by atoms with Crippen molar-refractivity contribution in [3.63, 3.8) is 0 Å². The molecule has 0 unspecified atom stereocenters. The van der Waals surface area contributed by atoms with Crippen LogP contribution in [0.3, 0.4) is 0 Å². The third kappa shape index (κ3) is 4.36. The molecule has 0 amide bonds. The Morgan fingerprint density at radius 2 is 1.81 bits per heavy atom. The van der Waals surface area contributed by atoms with Gasteiger partial charge in [-0.15, -0.1) is 0 Å². The van der Waals surface area contributed by atoms with Crippen LogP contribution in [0, 0.1) is 6.92 Å². The molecule has 1 aromatic carbocycles. The van der Waals surface area contributed by atoms with Gasteiger partial charge in [-0.3, -0.25) is 0 Å². The Labute approximate surface area is 128 Å². The van der Waals surface area contributed by atoms with Gasteiger partial charge in [0.2, 0.25) is 0 Å². The largest absolute Gasteiger partial charge is 0.463 e. The van der Waals surface area contributed by atoms with Gasteiger partial charge in [-0.25, -0.2) is 0 Å². The summed E-state index contributed by atoms with van der Waals surface area (Å²) in [5.41, 5.74) is 2.57. The topological polar surface area (TPSA) is 28.4 Å². The maximum atomic E-state index is 5.92. The van der Waals surface area contributed by atoms with Crippen LogP contribution >= 0.6 is 0 Å². The number of aryl methyl sites for hydroxylation is 1. The third-order valence-corrected chi connectivity index (χ3v) is 3.59. The lowest BCUT2D eigenvalue weighted by molar-refractivity contribution is 0.433. The number of rotatable bonds is 7. The first-order chi connectivity index (χ1) is 10.1. The molecule has 3 nitrogen and oxygen atoms in total. The summed E-state index contributed by atoms with van der Waals surface area (Å²) >= 11 is 0. The zero-order valence-electron chi connectivity index (χ0n) is 13.5. The zero-order chi connectivity index (χ0) is 15.2. The van der Waals surface area contributed by atoms with Gasteiger partial charge in [-0.2, -0.15) is 0 Å². The minimum absolute atomic E-state index is 0.470. The third-order valence-electron chi connectivity index (χ3n) is 3.59. The molecule has 1 aromatic heterocycles. The average Bonchev–Trinajstić information content (AvgIpc) is 2.91. The SMILES string of the molecule is CCN(Cc1ccc(CNC(C)C)o1)c1ccccc1C. The highest BCUT2D eigenvalue weighted by Gasteiger charge is 2.10. The van der Waals surface area contributed by atoms with Crippen molar-refractivity contribution in [2.24, 2.45) is 0 Å². The molecule has 0 fully saturated rings. The van der Waals surface area contributed by atoms with E-state index in [-0.39, 0.29) is 0 Å². The molecule has 0 aliphatic heterocycles. The van der Waals surface area contributed by atoms with Crippen molar-refractivity contribution in [3.8, 4) is 0 Å². The van der Waals surface area contributed by atoms with Gasteiger partial charge in [-0.1, -0.05) is 32.0 Å². The van der Waals surface area contributed by atoms with Crippen molar-refractivity contribution in [1.82, 2.24) is 5.32 Å². The molecule has 1 heterocycles. The molecule has 0 aliphatic carbocycles. The number of hydrogen-bond acceptors (Lipinski definition) is 3. The van der Waals surface area contributed by atoms with Gasteiger partial charge >= 0.3 is 0 Å². The summed E-state index contributed by atoms with van der Waals surface area (Å²) in [5.74, 6) is 2.01. The number of anilines is 1. The number of hydrogen-bond donors (Lipinski definition) is 1. The van der Waals surface area contributed by atoms with Crippen molar-refractivity contribution in [1.29, 1.82) is 0 Å². The van der Waals surface area contributed by atoms with Crippen LogP contribution in [0.15, 0.2) is 40.8 Å². The van der Waals surface area contributed by atoms with Gasteiger partial charge in [0.05, 0.1) is 13.1 Å². The zero-order valence-corrected chi connectivity index (χ0v) is 13.5. The first-order valence-corrected chi connectivity index (χ1v) is 7.71. The Morgan fingerprint density at radius 3 is 2.48 bits per heavy atom. The van der Waals surface area contributed by atoms with Crippen LogP contribution in [0.4, 0.5) is 5.69 Å². The Balaban J connectivity index is 2.04. The minimum Gasteiger partial charge on any atom is -0.463 e. The summed E-state index contributed by atoms with van der Waals surface area (Å²) < 4.78 is 5.92. The fraction of sp³-hybridized carbons (Fsp3) is 0.444. The van der Waals surface area contributed by atoms with Crippen molar-refractivity contribution in [2.75, 3.05) is 11.4 Å². The van der Waals surface area contributed by atoms with Crippen molar-refractivity contribution >= 4 is 5.69 Å². The predicted octanol–water partition coefficient (Wildman–Crippen LogP) is 4.11. The summed E-state index contributed by atoms with van der Waals surface area (Å²) in [4.78, 5) is 2.34. The molecule has 0 atom stereocenters. The maximum Gasteiger partial charge on any atom is 0.123 e. The summed E-state index contributed by atoms with van der Waals surface area (Å²) in [5, 5.41) is 3.38. The molecule has 0 saturated carbocycles. The van der Waals surface area contributed by atoms with Gasteiger partial charge in [0.1, 0.15) is 11.5 Å². The standard InChI is InChI=1S/C18H26N2O/c1-5-20(18-9-7-6-8-15(18)4)13-17-11-10-16(21-17)12-19-14(2)3/h6-11,14,19H,5,12-13H2,1-4H3. The van der Waals surface area contributed by atoms with E-state index in [2.05, 4.69) is 74.3 Å². The average molecular weight is 286 g/mol. The molecule has 0 saturated heterocycles. The molecule has 114 valence electrons. The highest BCUT2D eigenvalue weighted by Crippen LogP contribution is 2.22. The molecule has 2 aromatic rings. The molecule has 0 spiro atoms. The van der Waals surface area contributed by atoms with Crippen LogP contribution in [-0.4, -0.2) is 12.6 Å². The second-order valence-corrected chi connectivity index (χ2v) is 5.70. The molecule has 3 heteroatoms. The molecule has 0 aliphatic rings. The highest BCUT2D eigenvalue weighted by molar-refractivity contribution is 5.52. The van der Waals surface area contributed by atoms with E-state index in [4.69, 9.17) is 4.42 Å². The smallest absolute Gasteiger partial charge is 0.123 e. The van der Waals surface area contributed by atoms with Crippen LogP contribution in [0.25, 0.3) is 0 Å². The Hall–Kier alpha value is -1.74. The molecular formula is C18H26N2O. The van der Waals surface area contributed by atoms with Gasteiger partial charge in [0.15, 0.2) is 0 Å². The molecule has 0 bridgehead atoms. The van der Waals surface area contributed by atoms with Gasteiger partial charge < -0.3 is 14.6 Å². The normalized spacial score (nSPS) is 11.1. The van der Waals surface area contributed by atoms with Gasteiger partial charge in [0.25, 0.3) is 0 Å². The van der Waals surface area contributed by atoms with Gasteiger partial charge in [-0.05, 0) is 37.6 Å². The molecule has 21 heavy (non-hydrogen) atoms. The summed E-state index contributed by atoms with van der Waals surface area (Å²) in [7, 11) is 0. The van der Waals surface area contributed by atoms with Crippen LogP contribution in [-0.2, 0) is 13.1 Å². The number of para-hydroxylation sites is 1. The fourth-order valence-electron chi connectivity index (χ4n) is 2.38. The van der Waals surface area contributed by atoms with E-state index in [1.54, 1.807) is 0 Å². The summed E-state index contributed by atoms with van der Waals surface area (Å²) in [6.45, 7) is 11.2. The quantitative estimate of drug-likeness (QED) is 0.830. The Bertz CT molecular complexity index is 560. The minimum atomic E-state index is 0.470. The van der Waals surface area contributed by atoms with Crippen LogP contribution in [0.5, 0.6) is 0 Å². The Morgan fingerprint density at radius 1 is 1.10 bits per heavy atom. The predicted molar refractivity (Wildman–Crippen MR) is 88.6 cm³/mol. The number of nitrogens with zero attached hydrogens (tertiary/aromatic N) is 1. The van der Waals surface area contributed by atoms with E-state index in [0.717, 1.165) is 31.2 Å². The highest BCUT2D eigenvalue weighted by atomic mass is 16.3. The monoisotopic (exact) mass is 286 g/mol. The molecule has 2 rings (SSSR count). The van der Waals surface area contributed by atoms with E-state index in [1.165, 1.54) is 11.3 Å². The number of furan rings is 1. The fourth-order valence-corrected chi connectivity index (χ4v) is 2.38. The molecule has 0 radical (unpaired) electrons. The molecular weight excluding hydrogens is 260 g/mol. The van der Waals surface area contributed by atoms with Crippen molar-refractivity contribution < 1.29 is 4.42 Å². The lowest BCUT2D eigenvalue weighted by atomic mass is 10.2. The van der Waals surface area contributed by atoms with Gasteiger partial charge in [0, 0.05) is 18.3 Å². The summed E-state index contributed by atoms with van der Waals surface area (Å²) in [6, 6.07) is 13.1. The Kier molecular flexibility index (Phi) is 5.45. The van der Waals surface area contributed by atoms with E-state index >= 15 is 0 Å². The van der Waals surface area contributed by atoms with E-state index in [1.807, 2.05) is 0 Å². The molecule has 1 N–H and O–H groups in total. The second kappa shape index (κ2) is 7.32. The van der Waals surface area contributed by atoms with Crippen LogP contribution in [0.1, 0.15) is 37.9 Å². The first kappa shape index (κ1) is 15.6. The lowest BCUT2D eigenvalue weighted by Crippen LogP contribution is -2.22. The van der Waals surface area contributed by atoms with E-state index in [0.29, 0.717) is 6.04 Å². The number of benzene rings is 1.